The number of hydrogen-bond donors (Lipinski definition) is 0. The fourth-order valence-corrected chi connectivity index (χ4v) is 4.67. The summed E-state index contributed by atoms with van der Waals surface area (Å²) in [7, 11) is 0. The summed E-state index contributed by atoms with van der Waals surface area (Å²) in [5.41, 5.74) is 1.63. The third-order valence-corrected chi connectivity index (χ3v) is 5.50. The summed E-state index contributed by atoms with van der Waals surface area (Å²) in [5.74, 6) is -0.107. The van der Waals surface area contributed by atoms with E-state index in [2.05, 4.69) is 4.99 Å². The summed E-state index contributed by atoms with van der Waals surface area (Å²) in [4.78, 5) is 28.4. The number of ketones is 2. The molecule has 0 saturated heterocycles. The second kappa shape index (κ2) is 4.72. The first-order chi connectivity index (χ1) is 9.16. The van der Waals surface area contributed by atoms with E-state index in [0.29, 0.717) is 10.0 Å². The quantitative estimate of drug-likeness (QED) is 0.582. The van der Waals surface area contributed by atoms with E-state index < -0.39 is 0 Å². The average Bonchev–Trinajstić information content (AvgIpc) is 2.43. The summed E-state index contributed by atoms with van der Waals surface area (Å²) in [5, 5.41) is 0. The molecule has 4 heteroatoms. The molecule has 94 valence electrons. The first-order valence-corrected chi connectivity index (χ1v) is 7.70. The van der Waals surface area contributed by atoms with Crippen LogP contribution in [0.3, 0.4) is 0 Å². The monoisotopic (exact) mass is 317 g/mol. The molecule has 3 rings (SSSR count). The summed E-state index contributed by atoms with van der Waals surface area (Å²) in [6, 6.07) is 9.61. The number of rotatable bonds is 1. The summed E-state index contributed by atoms with van der Waals surface area (Å²) < 4.78 is 1.61. The molecule has 1 heterocycles. The summed E-state index contributed by atoms with van der Waals surface area (Å²) in [6.45, 7) is 1.87. The van der Waals surface area contributed by atoms with Crippen molar-refractivity contribution in [1.29, 1.82) is 0 Å². The van der Waals surface area contributed by atoms with Gasteiger partial charge in [-0.3, -0.25) is 0 Å². The Morgan fingerprint density at radius 2 is 1.74 bits per heavy atom. The molecule has 0 radical (unpaired) electrons. The second-order valence-electron chi connectivity index (χ2n) is 4.38. The van der Waals surface area contributed by atoms with Crippen LogP contribution in [-0.2, 0) is 9.59 Å². The number of benzene rings is 1. The van der Waals surface area contributed by atoms with E-state index >= 15 is 0 Å². The minimum atomic E-state index is -0.234. The van der Waals surface area contributed by atoms with Gasteiger partial charge in [0.1, 0.15) is 0 Å². The molecule has 0 N–H and O–H groups in total. The van der Waals surface area contributed by atoms with Gasteiger partial charge >= 0.3 is 117 Å². The van der Waals surface area contributed by atoms with Gasteiger partial charge in [0.25, 0.3) is 0 Å². The maximum atomic E-state index is 12.0. The van der Waals surface area contributed by atoms with E-state index in [1.165, 1.54) is 12.2 Å². The van der Waals surface area contributed by atoms with Crippen LogP contribution in [0.1, 0.15) is 12.5 Å². The predicted octanol–water partition coefficient (Wildman–Crippen LogP) is 1.50. The van der Waals surface area contributed by atoms with Crippen LogP contribution >= 0.6 is 0 Å². The number of carbonyl (C=O) groups excluding carboxylic acids is 2. The van der Waals surface area contributed by atoms with Crippen molar-refractivity contribution in [3.05, 3.63) is 58.1 Å². The Kier molecular flexibility index (Phi) is 3.05. The normalized spacial score (nSPS) is 22.4. The van der Waals surface area contributed by atoms with Crippen LogP contribution in [0.15, 0.2) is 57.5 Å². The zero-order valence-electron chi connectivity index (χ0n) is 10.3. The van der Waals surface area contributed by atoms with Crippen LogP contribution in [0.4, 0.5) is 0 Å². The zero-order valence-corrected chi connectivity index (χ0v) is 12.0. The molecule has 2 aliphatic rings. The molecule has 1 atom stereocenters. The van der Waals surface area contributed by atoms with Gasteiger partial charge in [-0.2, -0.15) is 0 Å². The fourth-order valence-electron chi connectivity index (χ4n) is 2.14. The van der Waals surface area contributed by atoms with Crippen LogP contribution < -0.4 is 0 Å². The number of allylic oxidation sites excluding steroid dienone is 3. The van der Waals surface area contributed by atoms with E-state index in [1.807, 2.05) is 37.3 Å². The van der Waals surface area contributed by atoms with Gasteiger partial charge in [0.2, 0.25) is 0 Å². The fraction of sp³-hybridized carbons (Fsp3) is 0.133. The molecular formula is C15H11NO2Se. The molecule has 1 aromatic rings. The SMILES string of the molecule is CC1N=C(c2ccccc2)[Se]C2=C1C(=O)C=CC2=O. The van der Waals surface area contributed by atoms with Crippen LogP contribution in [0.2, 0.25) is 0 Å². The van der Waals surface area contributed by atoms with E-state index in [4.69, 9.17) is 0 Å². The van der Waals surface area contributed by atoms with Gasteiger partial charge in [-0.25, -0.2) is 0 Å². The van der Waals surface area contributed by atoms with Crippen molar-refractivity contribution in [3.8, 4) is 0 Å². The van der Waals surface area contributed by atoms with Crippen molar-refractivity contribution in [3.63, 3.8) is 0 Å². The van der Waals surface area contributed by atoms with Crippen LogP contribution in [0.25, 0.3) is 0 Å². The maximum absolute atomic E-state index is 12.0. The Morgan fingerprint density at radius 3 is 2.47 bits per heavy atom. The number of hydrogen-bond acceptors (Lipinski definition) is 3. The molecule has 1 unspecified atom stereocenters. The molecule has 0 bridgehead atoms. The number of carbonyl (C=O) groups is 2. The van der Waals surface area contributed by atoms with Gasteiger partial charge in [-0.15, -0.1) is 0 Å². The van der Waals surface area contributed by atoms with E-state index in [1.54, 1.807) is 0 Å². The minimum absolute atomic E-state index is 0.0372. The Hall–Kier alpha value is -1.77. The van der Waals surface area contributed by atoms with Crippen LogP contribution in [-0.4, -0.2) is 37.2 Å². The Bertz CT molecular complexity index is 656. The predicted molar refractivity (Wildman–Crippen MR) is 74.4 cm³/mol. The molecule has 0 aromatic heterocycles. The van der Waals surface area contributed by atoms with Crippen molar-refractivity contribution in [2.45, 2.75) is 13.0 Å². The zero-order chi connectivity index (χ0) is 13.4. The Labute approximate surface area is 117 Å². The van der Waals surface area contributed by atoms with Gasteiger partial charge in [-0.05, 0) is 0 Å². The van der Waals surface area contributed by atoms with Gasteiger partial charge in [-0.1, -0.05) is 0 Å². The van der Waals surface area contributed by atoms with Gasteiger partial charge in [0.15, 0.2) is 0 Å². The molecule has 0 saturated carbocycles. The molecule has 1 aliphatic heterocycles. The third-order valence-electron chi connectivity index (χ3n) is 3.07. The molecule has 1 aromatic carbocycles. The molecule has 19 heavy (non-hydrogen) atoms. The second-order valence-corrected chi connectivity index (χ2v) is 6.48. The van der Waals surface area contributed by atoms with Crippen LogP contribution in [0, 0.1) is 0 Å². The van der Waals surface area contributed by atoms with Crippen molar-refractivity contribution in [2.75, 3.05) is 0 Å². The third kappa shape index (κ3) is 2.14. The summed E-state index contributed by atoms with van der Waals surface area (Å²) in [6.07, 6.45) is 2.74. The van der Waals surface area contributed by atoms with Gasteiger partial charge < -0.3 is 0 Å². The van der Waals surface area contributed by atoms with Gasteiger partial charge in [0.05, 0.1) is 0 Å². The standard InChI is InChI=1S/C15H11NO2Se/c1-9-13-11(17)7-8-12(18)14(13)19-15(16-9)10-5-3-2-4-6-10/h2-9H,1H3. The number of nitrogens with zero attached hydrogens (tertiary/aromatic N) is 1. The molecule has 1 aliphatic carbocycles. The van der Waals surface area contributed by atoms with Gasteiger partial charge in [0, 0.05) is 0 Å². The van der Waals surface area contributed by atoms with E-state index in [-0.39, 0.29) is 32.6 Å². The van der Waals surface area contributed by atoms with Crippen molar-refractivity contribution in [2.24, 2.45) is 4.99 Å². The van der Waals surface area contributed by atoms with Crippen LogP contribution in [0.5, 0.6) is 0 Å². The number of aliphatic imine (C=N–C) groups is 1. The first-order valence-electron chi connectivity index (χ1n) is 5.99. The topological polar surface area (TPSA) is 46.5 Å². The van der Waals surface area contributed by atoms with Crippen molar-refractivity contribution in [1.82, 2.24) is 0 Å². The van der Waals surface area contributed by atoms with E-state index in [0.717, 1.165) is 10.2 Å². The van der Waals surface area contributed by atoms with E-state index in [9.17, 15) is 9.59 Å². The molecule has 3 nitrogen and oxygen atoms in total. The summed E-state index contributed by atoms with van der Waals surface area (Å²) >= 11 is -0.194. The Balaban J connectivity index is 2.02. The molecular weight excluding hydrogens is 305 g/mol. The molecule has 0 amide bonds. The first kappa shape index (κ1) is 12.3. The molecule has 0 spiro atoms. The average molecular weight is 316 g/mol. The Morgan fingerprint density at radius 1 is 1.05 bits per heavy atom. The molecule has 0 fully saturated rings. The van der Waals surface area contributed by atoms with Crippen molar-refractivity contribution >= 4 is 31.1 Å². The van der Waals surface area contributed by atoms with Crippen molar-refractivity contribution < 1.29 is 9.59 Å².